The highest BCUT2D eigenvalue weighted by atomic mass is 127. The first-order chi connectivity index (χ1) is 10.8. The SMILES string of the molecule is CN=C(NCc1ccccc1)NCC1(c2ccccc2)CC1.I. The summed E-state index contributed by atoms with van der Waals surface area (Å²) in [5.74, 6) is 0.867. The summed E-state index contributed by atoms with van der Waals surface area (Å²) >= 11 is 0. The van der Waals surface area contributed by atoms with Crippen molar-refractivity contribution in [2.24, 2.45) is 4.99 Å². The maximum atomic E-state index is 4.32. The van der Waals surface area contributed by atoms with Gasteiger partial charge in [0.25, 0.3) is 0 Å². The van der Waals surface area contributed by atoms with Crippen LogP contribution in [0.2, 0.25) is 0 Å². The van der Waals surface area contributed by atoms with E-state index in [-0.39, 0.29) is 24.0 Å². The van der Waals surface area contributed by atoms with Gasteiger partial charge in [-0.2, -0.15) is 0 Å². The molecule has 0 amide bonds. The van der Waals surface area contributed by atoms with Gasteiger partial charge in [-0.3, -0.25) is 4.99 Å². The largest absolute Gasteiger partial charge is 0.356 e. The smallest absolute Gasteiger partial charge is 0.191 e. The molecule has 2 aromatic rings. The molecule has 0 aliphatic heterocycles. The van der Waals surface area contributed by atoms with Crippen molar-refractivity contribution >= 4 is 29.9 Å². The molecule has 4 heteroatoms. The van der Waals surface area contributed by atoms with Gasteiger partial charge >= 0.3 is 0 Å². The summed E-state index contributed by atoms with van der Waals surface area (Å²) in [5.41, 5.74) is 2.99. The molecule has 122 valence electrons. The van der Waals surface area contributed by atoms with E-state index < -0.39 is 0 Å². The number of guanidine groups is 1. The van der Waals surface area contributed by atoms with Crippen molar-refractivity contribution in [3.63, 3.8) is 0 Å². The van der Waals surface area contributed by atoms with E-state index in [4.69, 9.17) is 0 Å². The van der Waals surface area contributed by atoms with Crippen LogP contribution in [0.25, 0.3) is 0 Å². The predicted octanol–water partition coefficient (Wildman–Crippen LogP) is 3.70. The van der Waals surface area contributed by atoms with E-state index in [0.29, 0.717) is 5.41 Å². The zero-order valence-electron chi connectivity index (χ0n) is 13.5. The Balaban J connectivity index is 0.00000192. The van der Waals surface area contributed by atoms with Crippen LogP contribution in [0.1, 0.15) is 24.0 Å². The van der Waals surface area contributed by atoms with Crippen LogP contribution < -0.4 is 10.6 Å². The van der Waals surface area contributed by atoms with Crippen molar-refractivity contribution in [2.75, 3.05) is 13.6 Å². The highest BCUT2D eigenvalue weighted by Crippen LogP contribution is 2.47. The molecule has 2 aromatic carbocycles. The highest BCUT2D eigenvalue weighted by Gasteiger charge is 2.43. The van der Waals surface area contributed by atoms with Crippen molar-refractivity contribution in [1.82, 2.24) is 10.6 Å². The van der Waals surface area contributed by atoms with Gasteiger partial charge in [-0.05, 0) is 24.0 Å². The molecule has 1 saturated carbocycles. The summed E-state index contributed by atoms with van der Waals surface area (Å²) in [7, 11) is 1.82. The molecular weight excluding hydrogens is 397 g/mol. The number of rotatable bonds is 5. The first kappa shape index (κ1) is 17.8. The van der Waals surface area contributed by atoms with Gasteiger partial charge in [-0.25, -0.2) is 0 Å². The summed E-state index contributed by atoms with van der Waals surface area (Å²) in [5, 5.41) is 6.86. The second-order valence-electron chi connectivity index (χ2n) is 5.91. The van der Waals surface area contributed by atoms with Gasteiger partial charge < -0.3 is 10.6 Å². The Morgan fingerprint density at radius 3 is 2.13 bits per heavy atom. The minimum atomic E-state index is 0. The van der Waals surface area contributed by atoms with Crippen molar-refractivity contribution < 1.29 is 0 Å². The number of hydrogen-bond donors (Lipinski definition) is 2. The van der Waals surface area contributed by atoms with Crippen LogP contribution in [0.15, 0.2) is 65.7 Å². The molecular formula is C19H24IN3. The van der Waals surface area contributed by atoms with Crippen molar-refractivity contribution in [2.45, 2.75) is 24.8 Å². The quantitative estimate of drug-likeness (QED) is 0.439. The Kier molecular flexibility index (Phi) is 6.45. The molecule has 0 bridgehead atoms. The Morgan fingerprint density at radius 2 is 1.57 bits per heavy atom. The Hall–Kier alpha value is -1.56. The lowest BCUT2D eigenvalue weighted by atomic mass is 9.96. The van der Waals surface area contributed by atoms with E-state index in [1.54, 1.807) is 0 Å². The van der Waals surface area contributed by atoms with Gasteiger partial charge in [0.05, 0.1) is 0 Å². The second-order valence-corrected chi connectivity index (χ2v) is 5.91. The topological polar surface area (TPSA) is 36.4 Å². The molecule has 0 atom stereocenters. The van der Waals surface area contributed by atoms with E-state index in [0.717, 1.165) is 19.0 Å². The van der Waals surface area contributed by atoms with Crippen molar-refractivity contribution in [3.8, 4) is 0 Å². The summed E-state index contributed by atoms with van der Waals surface area (Å²) in [6, 6.07) is 21.2. The fourth-order valence-corrected chi connectivity index (χ4v) is 2.77. The zero-order chi connectivity index (χ0) is 15.3. The molecule has 1 aliphatic carbocycles. The molecule has 23 heavy (non-hydrogen) atoms. The maximum absolute atomic E-state index is 4.32. The van der Waals surface area contributed by atoms with Gasteiger partial charge in [0.15, 0.2) is 5.96 Å². The molecule has 3 nitrogen and oxygen atoms in total. The summed E-state index contributed by atoms with van der Waals surface area (Å²) in [4.78, 5) is 4.32. The molecule has 0 radical (unpaired) electrons. The third-order valence-corrected chi connectivity index (χ3v) is 4.36. The molecule has 2 N–H and O–H groups in total. The molecule has 3 rings (SSSR count). The number of benzene rings is 2. The van der Waals surface area contributed by atoms with Crippen LogP contribution >= 0.6 is 24.0 Å². The molecule has 1 aliphatic rings. The van der Waals surface area contributed by atoms with Gasteiger partial charge in [0.2, 0.25) is 0 Å². The summed E-state index contributed by atoms with van der Waals surface area (Å²) < 4.78 is 0. The van der Waals surface area contributed by atoms with E-state index in [9.17, 15) is 0 Å². The number of nitrogens with one attached hydrogen (secondary N) is 2. The van der Waals surface area contributed by atoms with Crippen LogP contribution in [-0.2, 0) is 12.0 Å². The van der Waals surface area contributed by atoms with Crippen LogP contribution in [0.5, 0.6) is 0 Å². The lowest BCUT2D eigenvalue weighted by Gasteiger charge is -2.19. The Labute approximate surface area is 155 Å². The Bertz CT molecular complexity index is 622. The monoisotopic (exact) mass is 421 g/mol. The van der Waals surface area contributed by atoms with E-state index in [2.05, 4.69) is 70.2 Å². The van der Waals surface area contributed by atoms with Crippen LogP contribution in [-0.4, -0.2) is 19.6 Å². The lowest BCUT2D eigenvalue weighted by Crippen LogP contribution is -2.40. The molecule has 1 fully saturated rings. The fraction of sp³-hybridized carbons (Fsp3) is 0.316. The fourth-order valence-electron chi connectivity index (χ4n) is 2.77. The van der Waals surface area contributed by atoms with E-state index in [1.807, 2.05) is 13.1 Å². The highest BCUT2D eigenvalue weighted by molar-refractivity contribution is 14.0. The normalized spacial score (nSPS) is 15.4. The first-order valence-corrected chi connectivity index (χ1v) is 7.86. The minimum absolute atomic E-state index is 0. The zero-order valence-corrected chi connectivity index (χ0v) is 15.8. The average Bonchev–Trinajstić information content (AvgIpc) is 3.38. The van der Waals surface area contributed by atoms with Gasteiger partial charge in [-0.15, -0.1) is 24.0 Å². The predicted molar refractivity (Wildman–Crippen MR) is 107 cm³/mol. The van der Waals surface area contributed by atoms with Gasteiger partial charge in [0, 0.05) is 25.6 Å². The number of nitrogens with zero attached hydrogens (tertiary/aromatic N) is 1. The van der Waals surface area contributed by atoms with Crippen molar-refractivity contribution in [3.05, 3.63) is 71.8 Å². The number of halogens is 1. The standard InChI is InChI=1S/C19H23N3.HI/c1-20-18(21-14-16-8-4-2-5-9-16)22-15-19(12-13-19)17-10-6-3-7-11-17;/h2-11H,12-15H2,1H3,(H2,20,21,22);1H. The van der Waals surface area contributed by atoms with Crippen LogP contribution in [0.3, 0.4) is 0 Å². The average molecular weight is 421 g/mol. The van der Waals surface area contributed by atoms with E-state index in [1.165, 1.54) is 24.0 Å². The molecule has 0 aromatic heterocycles. The van der Waals surface area contributed by atoms with Gasteiger partial charge in [-0.1, -0.05) is 60.7 Å². The number of hydrogen-bond acceptors (Lipinski definition) is 1. The molecule has 0 spiro atoms. The minimum Gasteiger partial charge on any atom is -0.356 e. The summed E-state index contributed by atoms with van der Waals surface area (Å²) in [6.45, 7) is 1.73. The summed E-state index contributed by atoms with van der Waals surface area (Å²) in [6.07, 6.45) is 2.50. The first-order valence-electron chi connectivity index (χ1n) is 7.86. The molecule has 0 unspecified atom stereocenters. The van der Waals surface area contributed by atoms with E-state index >= 15 is 0 Å². The second kappa shape index (κ2) is 8.34. The lowest BCUT2D eigenvalue weighted by molar-refractivity contribution is 0.645. The maximum Gasteiger partial charge on any atom is 0.191 e. The van der Waals surface area contributed by atoms with Crippen LogP contribution in [0.4, 0.5) is 0 Å². The Morgan fingerprint density at radius 1 is 0.957 bits per heavy atom. The van der Waals surface area contributed by atoms with Crippen LogP contribution in [0, 0.1) is 0 Å². The third kappa shape index (κ3) is 4.70. The van der Waals surface area contributed by atoms with Gasteiger partial charge in [0.1, 0.15) is 0 Å². The number of aliphatic imine (C=N–C) groups is 1. The third-order valence-electron chi connectivity index (χ3n) is 4.36. The molecule has 0 heterocycles. The van der Waals surface area contributed by atoms with Crippen molar-refractivity contribution in [1.29, 1.82) is 0 Å². The molecule has 0 saturated heterocycles.